The molecule has 0 amide bonds. The highest BCUT2D eigenvalue weighted by molar-refractivity contribution is 5.93. The maximum Gasteiger partial charge on any atom is 0.226 e. The zero-order chi connectivity index (χ0) is 15.5. The minimum Gasteiger partial charge on any atom is -0.439 e. The molecule has 0 spiro atoms. The molecule has 0 N–H and O–H groups in total. The van der Waals surface area contributed by atoms with Crippen LogP contribution in [0.2, 0.25) is 0 Å². The van der Waals surface area contributed by atoms with E-state index >= 15 is 0 Å². The summed E-state index contributed by atoms with van der Waals surface area (Å²) in [5.41, 5.74) is 3.25. The van der Waals surface area contributed by atoms with Crippen LogP contribution in [0.15, 0.2) is 59.1 Å². The molecule has 0 saturated heterocycles. The van der Waals surface area contributed by atoms with Crippen LogP contribution in [0.1, 0.15) is 17.0 Å². The molecule has 0 bridgehead atoms. The monoisotopic (exact) mass is 293 g/mol. The van der Waals surface area contributed by atoms with Crippen LogP contribution in [0.5, 0.6) is 0 Å². The average Bonchev–Trinajstić information content (AvgIpc) is 2.95. The van der Waals surface area contributed by atoms with Crippen LogP contribution in [0.3, 0.4) is 0 Å². The van der Waals surface area contributed by atoms with Crippen LogP contribution in [-0.2, 0) is 13.0 Å². The van der Waals surface area contributed by atoms with Gasteiger partial charge in [0.2, 0.25) is 5.89 Å². The molecular formula is C18H19N3O. The maximum atomic E-state index is 5.98. The fourth-order valence-corrected chi connectivity index (χ4v) is 2.65. The molecule has 1 aromatic heterocycles. The van der Waals surface area contributed by atoms with Crippen molar-refractivity contribution >= 4 is 5.84 Å². The Morgan fingerprint density at radius 3 is 3.00 bits per heavy atom. The molecule has 0 unspecified atom stereocenters. The van der Waals surface area contributed by atoms with Crippen molar-refractivity contribution in [2.45, 2.75) is 19.9 Å². The molecule has 1 aliphatic heterocycles. The second-order valence-electron chi connectivity index (χ2n) is 5.30. The van der Waals surface area contributed by atoms with Gasteiger partial charge in [-0.2, -0.15) is 0 Å². The predicted molar refractivity (Wildman–Crippen MR) is 88.6 cm³/mol. The molecule has 0 atom stereocenters. The first-order chi connectivity index (χ1) is 10.7. The number of hydrogen-bond donors (Lipinski definition) is 0. The number of nitrogens with zero attached hydrogens (tertiary/aromatic N) is 3. The molecule has 0 fully saturated rings. The Labute approximate surface area is 130 Å². The van der Waals surface area contributed by atoms with E-state index in [1.807, 2.05) is 12.1 Å². The number of oxazole rings is 1. The molecule has 2 aromatic rings. The summed E-state index contributed by atoms with van der Waals surface area (Å²) in [6.07, 6.45) is 4.12. The van der Waals surface area contributed by atoms with Crippen molar-refractivity contribution in [2.24, 2.45) is 4.99 Å². The number of benzene rings is 1. The molecule has 112 valence electrons. The summed E-state index contributed by atoms with van der Waals surface area (Å²) in [4.78, 5) is 11.0. The first kappa shape index (κ1) is 14.3. The molecule has 0 aliphatic carbocycles. The van der Waals surface area contributed by atoms with Gasteiger partial charge in [0.15, 0.2) is 0 Å². The van der Waals surface area contributed by atoms with Gasteiger partial charge in [0, 0.05) is 24.7 Å². The van der Waals surface area contributed by atoms with Gasteiger partial charge in [0.25, 0.3) is 0 Å². The van der Waals surface area contributed by atoms with Gasteiger partial charge in [-0.3, -0.25) is 0 Å². The van der Waals surface area contributed by atoms with Crippen molar-refractivity contribution in [1.29, 1.82) is 0 Å². The third kappa shape index (κ3) is 2.72. The second-order valence-corrected chi connectivity index (χ2v) is 5.30. The summed E-state index contributed by atoms with van der Waals surface area (Å²) >= 11 is 0. The van der Waals surface area contributed by atoms with E-state index in [0.29, 0.717) is 12.4 Å². The number of aliphatic imine (C=N–C) groups is 1. The topological polar surface area (TPSA) is 41.6 Å². The van der Waals surface area contributed by atoms with Gasteiger partial charge in [0.1, 0.15) is 11.6 Å². The molecule has 1 aromatic carbocycles. The third-order valence-corrected chi connectivity index (χ3v) is 3.73. The Bertz CT molecular complexity index is 743. The number of aromatic nitrogens is 1. The van der Waals surface area contributed by atoms with E-state index in [9.17, 15) is 0 Å². The number of amidine groups is 1. The molecular weight excluding hydrogens is 274 g/mol. The standard InChI is InChI=1S/C18H19N3O/c1-4-17(19-5-2)21-10-9-15-16(12-21)22-18(20-15)14-8-6-7-13(3)11-14/h4-8,11H,1-2,9-10,12H2,3H3. The predicted octanol–water partition coefficient (Wildman–Crippen LogP) is 3.74. The Balaban J connectivity index is 1.88. The molecule has 2 heterocycles. The quantitative estimate of drug-likeness (QED) is 0.639. The van der Waals surface area contributed by atoms with Crippen LogP contribution in [0, 0.1) is 6.92 Å². The lowest BCUT2D eigenvalue weighted by Crippen LogP contribution is -2.34. The Kier molecular flexibility index (Phi) is 3.92. The van der Waals surface area contributed by atoms with E-state index in [-0.39, 0.29) is 0 Å². The zero-order valence-electron chi connectivity index (χ0n) is 12.7. The molecule has 0 radical (unpaired) electrons. The Morgan fingerprint density at radius 1 is 1.41 bits per heavy atom. The largest absolute Gasteiger partial charge is 0.439 e. The number of aryl methyl sites for hydroxylation is 1. The van der Waals surface area contributed by atoms with Crippen molar-refractivity contribution in [3.8, 4) is 11.5 Å². The van der Waals surface area contributed by atoms with Crippen LogP contribution >= 0.6 is 0 Å². The molecule has 22 heavy (non-hydrogen) atoms. The molecule has 0 saturated carbocycles. The van der Waals surface area contributed by atoms with Gasteiger partial charge in [0.05, 0.1) is 12.2 Å². The third-order valence-electron chi connectivity index (χ3n) is 3.73. The second kappa shape index (κ2) is 6.02. The fraction of sp³-hybridized carbons (Fsp3) is 0.222. The van der Waals surface area contributed by atoms with Crippen LogP contribution in [0.4, 0.5) is 0 Å². The number of hydrogen-bond acceptors (Lipinski definition) is 3. The van der Waals surface area contributed by atoms with Crippen molar-refractivity contribution in [2.75, 3.05) is 6.54 Å². The van der Waals surface area contributed by atoms with Gasteiger partial charge >= 0.3 is 0 Å². The average molecular weight is 293 g/mol. The normalized spacial score (nSPS) is 14.6. The molecule has 3 rings (SSSR count). The van der Waals surface area contributed by atoms with Crippen molar-refractivity contribution in [1.82, 2.24) is 9.88 Å². The lowest BCUT2D eigenvalue weighted by Gasteiger charge is -2.26. The SMILES string of the molecule is C=CN=C(C=C)N1CCc2nc(-c3cccc(C)c3)oc2C1. The molecule has 4 nitrogen and oxygen atoms in total. The smallest absolute Gasteiger partial charge is 0.226 e. The van der Waals surface area contributed by atoms with E-state index in [4.69, 9.17) is 4.42 Å². The van der Waals surface area contributed by atoms with E-state index in [1.165, 1.54) is 11.8 Å². The van der Waals surface area contributed by atoms with E-state index in [0.717, 1.165) is 35.8 Å². The van der Waals surface area contributed by atoms with E-state index in [1.54, 1.807) is 6.08 Å². The van der Waals surface area contributed by atoms with Crippen molar-refractivity contribution in [3.05, 3.63) is 66.7 Å². The Morgan fingerprint density at radius 2 is 2.27 bits per heavy atom. The van der Waals surface area contributed by atoms with E-state index in [2.05, 4.69) is 47.1 Å². The highest BCUT2D eigenvalue weighted by Crippen LogP contribution is 2.27. The zero-order valence-corrected chi connectivity index (χ0v) is 12.7. The molecule has 4 heteroatoms. The highest BCUT2D eigenvalue weighted by Gasteiger charge is 2.23. The van der Waals surface area contributed by atoms with Gasteiger partial charge < -0.3 is 9.32 Å². The minimum absolute atomic E-state index is 0.660. The lowest BCUT2D eigenvalue weighted by atomic mass is 10.1. The molecule has 1 aliphatic rings. The van der Waals surface area contributed by atoms with Crippen molar-refractivity contribution < 1.29 is 4.42 Å². The summed E-state index contributed by atoms with van der Waals surface area (Å²) < 4.78 is 5.98. The van der Waals surface area contributed by atoms with Crippen molar-refractivity contribution in [3.63, 3.8) is 0 Å². The first-order valence-corrected chi connectivity index (χ1v) is 7.33. The maximum absolute atomic E-state index is 5.98. The van der Waals surface area contributed by atoms with Crippen LogP contribution in [-0.4, -0.2) is 22.3 Å². The van der Waals surface area contributed by atoms with Gasteiger partial charge in [-0.25, -0.2) is 9.98 Å². The minimum atomic E-state index is 0.660. The fourth-order valence-electron chi connectivity index (χ4n) is 2.65. The first-order valence-electron chi connectivity index (χ1n) is 7.33. The van der Waals surface area contributed by atoms with Crippen LogP contribution < -0.4 is 0 Å². The Hall–Kier alpha value is -2.62. The van der Waals surface area contributed by atoms with Gasteiger partial charge in [-0.1, -0.05) is 30.9 Å². The van der Waals surface area contributed by atoms with Crippen LogP contribution in [0.25, 0.3) is 11.5 Å². The van der Waals surface area contributed by atoms with Gasteiger partial charge in [-0.05, 0) is 25.1 Å². The summed E-state index contributed by atoms with van der Waals surface area (Å²) in [6.45, 7) is 11.0. The number of fused-ring (bicyclic) bond motifs is 1. The summed E-state index contributed by atoms with van der Waals surface area (Å²) in [7, 11) is 0. The highest BCUT2D eigenvalue weighted by atomic mass is 16.4. The summed E-state index contributed by atoms with van der Waals surface area (Å²) in [5.74, 6) is 2.41. The van der Waals surface area contributed by atoms with E-state index < -0.39 is 0 Å². The lowest BCUT2D eigenvalue weighted by molar-refractivity contribution is 0.343. The number of rotatable bonds is 3. The summed E-state index contributed by atoms with van der Waals surface area (Å²) in [5, 5.41) is 0. The summed E-state index contributed by atoms with van der Waals surface area (Å²) in [6, 6.07) is 8.20. The van der Waals surface area contributed by atoms with Gasteiger partial charge in [-0.15, -0.1) is 0 Å².